The van der Waals surface area contributed by atoms with Crippen LogP contribution in [0.25, 0.3) is 22.5 Å². The third kappa shape index (κ3) is 3.72. The summed E-state index contributed by atoms with van der Waals surface area (Å²) in [7, 11) is 0. The number of nitrogens with zero attached hydrogens (tertiary/aromatic N) is 4. The Balaban J connectivity index is 1.95. The fourth-order valence-corrected chi connectivity index (χ4v) is 3.15. The van der Waals surface area contributed by atoms with Gasteiger partial charge in [0.2, 0.25) is 11.8 Å². The quantitative estimate of drug-likeness (QED) is 0.459. The lowest BCUT2D eigenvalue weighted by atomic mass is 10.0. The Morgan fingerprint density at radius 2 is 1.93 bits per heavy atom. The third-order valence-corrected chi connectivity index (χ3v) is 4.45. The van der Waals surface area contributed by atoms with Gasteiger partial charge in [0.15, 0.2) is 0 Å². The third-order valence-electron chi connectivity index (χ3n) is 4.21. The van der Waals surface area contributed by atoms with Crippen LogP contribution in [0.3, 0.4) is 0 Å². The summed E-state index contributed by atoms with van der Waals surface area (Å²) < 4.78 is 19.0. The molecular weight excluding hydrogens is 395 g/mol. The Bertz CT molecular complexity index is 1160. The van der Waals surface area contributed by atoms with Gasteiger partial charge >= 0.3 is 0 Å². The van der Waals surface area contributed by atoms with Crippen molar-refractivity contribution in [3.63, 3.8) is 0 Å². The lowest BCUT2D eigenvalue weighted by Gasteiger charge is -2.19. The van der Waals surface area contributed by atoms with Crippen molar-refractivity contribution in [1.29, 1.82) is 0 Å². The van der Waals surface area contributed by atoms with E-state index in [0.717, 1.165) is 0 Å². The first-order valence-electron chi connectivity index (χ1n) is 8.63. The number of aromatic nitrogens is 3. The van der Waals surface area contributed by atoms with Crippen molar-refractivity contribution in [3.8, 4) is 22.5 Å². The van der Waals surface area contributed by atoms with E-state index in [9.17, 15) is 9.18 Å². The first-order chi connectivity index (χ1) is 14.0. The van der Waals surface area contributed by atoms with Gasteiger partial charge in [0.05, 0.1) is 16.9 Å². The molecule has 1 amide bonds. The number of hydrogen-bond acceptors (Lipinski definition) is 5. The molecule has 0 bridgehead atoms. The SMILES string of the molecule is CC(=O)N(c1cccc(Cl)c1)c1onc(-c2ccc(F)cc2)c1-c1ccncn1. The van der Waals surface area contributed by atoms with Gasteiger partial charge in [-0.1, -0.05) is 22.8 Å². The van der Waals surface area contributed by atoms with Crippen LogP contribution in [0.2, 0.25) is 5.02 Å². The molecule has 6 nitrogen and oxygen atoms in total. The molecular formula is C21H14ClFN4O2. The molecule has 2 aromatic carbocycles. The van der Waals surface area contributed by atoms with E-state index in [4.69, 9.17) is 16.1 Å². The zero-order chi connectivity index (χ0) is 20.4. The smallest absolute Gasteiger partial charge is 0.248 e. The number of rotatable bonds is 4. The zero-order valence-electron chi connectivity index (χ0n) is 15.2. The number of hydrogen-bond donors (Lipinski definition) is 0. The normalized spacial score (nSPS) is 10.7. The summed E-state index contributed by atoms with van der Waals surface area (Å²) in [6, 6.07) is 14.3. The second kappa shape index (κ2) is 7.81. The van der Waals surface area contributed by atoms with Crippen LogP contribution in [-0.4, -0.2) is 21.0 Å². The fourth-order valence-electron chi connectivity index (χ4n) is 2.97. The largest absolute Gasteiger partial charge is 0.336 e. The Labute approximate surface area is 170 Å². The van der Waals surface area contributed by atoms with Crippen LogP contribution in [0.1, 0.15) is 6.92 Å². The summed E-state index contributed by atoms with van der Waals surface area (Å²) in [6.07, 6.45) is 2.96. The second-order valence-electron chi connectivity index (χ2n) is 6.15. The molecule has 0 aliphatic heterocycles. The van der Waals surface area contributed by atoms with Crippen LogP contribution >= 0.6 is 11.6 Å². The predicted molar refractivity (Wildman–Crippen MR) is 107 cm³/mol. The predicted octanol–water partition coefficient (Wildman–Crippen LogP) is 5.28. The van der Waals surface area contributed by atoms with Crippen LogP contribution in [0.5, 0.6) is 0 Å². The molecule has 0 saturated carbocycles. The van der Waals surface area contributed by atoms with Gasteiger partial charge in [-0.2, -0.15) is 0 Å². The Kier molecular flexibility index (Phi) is 5.05. The minimum Gasteiger partial charge on any atom is -0.336 e. The summed E-state index contributed by atoms with van der Waals surface area (Å²) >= 11 is 6.11. The summed E-state index contributed by atoms with van der Waals surface area (Å²) in [6.45, 7) is 1.41. The second-order valence-corrected chi connectivity index (χ2v) is 6.58. The van der Waals surface area contributed by atoms with Crippen LogP contribution < -0.4 is 4.90 Å². The Morgan fingerprint density at radius 3 is 2.59 bits per heavy atom. The molecule has 2 heterocycles. The molecule has 0 spiro atoms. The van der Waals surface area contributed by atoms with Crippen molar-refractivity contribution >= 4 is 29.1 Å². The maximum atomic E-state index is 13.4. The number of carbonyl (C=O) groups is 1. The summed E-state index contributed by atoms with van der Waals surface area (Å²) in [5.41, 5.74) is 2.54. The summed E-state index contributed by atoms with van der Waals surface area (Å²) in [4.78, 5) is 22.1. The Morgan fingerprint density at radius 1 is 1.14 bits per heavy atom. The van der Waals surface area contributed by atoms with E-state index in [2.05, 4.69) is 15.1 Å². The molecule has 8 heteroatoms. The van der Waals surface area contributed by atoms with Crippen LogP contribution in [0, 0.1) is 5.82 Å². The van der Waals surface area contributed by atoms with E-state index < -0.39 is 0 Å². The molecule has 2 aromatic heterocycles. The van der Waals surface area contributed by atoms with E-state index in [1.54, 1.807) is 48.7 Å². The van der Waals surface area contributed by atoms with Crippen LogP contribution in [0.4, 0.5) is 16.0 Å². The van der Waals surface area contributed by atoms with Gasteiger partial charge in [-0.25, -0.2) is 19.3 Å². The summed E-state index contributed by atoms with van der Waals surface area (Å²) in [5.74, 6) is -0.493. The molecule has 0 fully saturated rings. The van der Waals surface area contributed by atoms with E-state index in [1.165, 1.54) is 30.3 Å². The molecule has 4 aromatic rings. The molecule has 0 unspecified atom stereocenters. The van der Waals surface area contributed by atoms with Gasteiger partial charge in [0.25, 0.3) is 0 Å². The van der Waals surface area contributed by atoms with Gasteiger partial charge in [-0.15, -0.1) is 0 Å². The molecule has 0 aliphatic carbocycles. The minimum absolute atomic E-state index is 0.179. The van der Waals surface area contributed by atoms with Crippen LogP contribution in [-0.2, 0) is 4.79 Å². The minimum atomic E-state index is -0.370. The highest BCUT2D eigenvalue weighted by molar-refractivity contribution is 6.31. The highest BCUT2D eigenvalue weighted by atomic mass is 35.5. The Hall–Kier alpha value is -3.58. The monoisotopic (exact) mass is 408 g/mol. The number of carbonyl (C=O) groups excluding carboxylic acids is 1. The van der Waals surface area contributed by atoms with Gasteiger partial charge in [-0.05, 0) is 48.5 Å². The van der Waals surface area contributed by atoms with Gasteiger partial charge < -0.3 is 4.52 Å². The molecule has 0 N–H and O–H groups in total. The lowest BCUT2D eigenvalue weighted by molar-refractivity contribution is -0.116. The molecule has 0 radical (unpaired) electrons. The van der Waals surface area contributed by atoms with Gasteiger partial charge in [-0.3, -0.25) is 4.79 Å². The fraction of sp³-hybridized carbons (Fsp3) is 0.0476. The number of amides is 1. The van der Waals surface area contributed by atoms with E-state index in [-0.39, 0.29) is 17.6 Å². The average molecular weight is 409 g/mol. The van der Waals surface area contributed by atoms with E-state index >= 15 is 0 Å². The van der Waals surface area contributed by atoms with Crippen molar-refractivity contribution in [2.75, 3.05) is 4.90 Å². The number of benzene rings is 2. The molecule has 0 aliphatic rings. The average Bonchev–Trinajstić information content (AvgIpc) is 3.13. The van der Waals surface area contributed by atoms with Crippen molar-refractivity contribution < 1.29 is 13.7 Å². The van der Waals surface area contributed by atoms with Gasteiger partial charge in [0.1, 0.15) is 17.8 Å². The first kappa shape index (κ1) is 18.8. The first-order valence-corrected chi connectivity index (χ1v) is 9.00. The maximum absolute atomic E-state index is 13.4. The standard InChI is InChI=1S/C21H14ClFN4O2/c1-13(28)27(17-4-2-3-15(22)11-17)21-19(18-9-10-24-12-25-18)20(26-29-21)14-5-7-16(23)8-6-14/h2-12H,1H3. The number of anilines is 2. The molecule has 144 valence electrons. The topological polar surface area (TPSA) is 72.1 Å². The van der Waals surface area contributed by atoms with Crippen molar-refractivity contribution in [2.24, 2.45) is 0 Å². The number of halogens is 2. The molecule has 0 saturated heterocycles. The van der Waals surface area contributed by atoms with Crippen molar-refractivity contribution in [1.82, 2.24) is 15.1 Å². The van der Waals surface area contributed by atoms with E-state index in [0.29, 0.717) is 33.2 Å². The molecule has 29 heavy (non-hydrogen) atoms. The van der Waals surface area contributed by atoms with E-state index in [1.807, 2.05) is 0 Å². The highest BCUT2D eigenvalue weighted by Gasteiger charge is 2.28. The van der Waals surface area contributed by atoms with Crippen molar-refractivity contribution in [2.45, 2.75) is 6.92 Å². The summed E-state index contributed by atoms with van der Waals surface area (Å²) in [5, 5.41) is 4.63. The lowest BCUT2D eigenvalue weighted by Crippen LogP contribution is -2.22. The highest BCUT2D eigenvalue weighted by Crippen LogP contribution is 2.41. The molecule has 4 rings (SSSR count). The van der Waals surface area contributed by atoms with Crippen molar-refractivity contribution in [3.05, 3.63) is 78.0 Å². The maximum Gasteiger partial charge on any atom is 0.248 e. The zero-order valence-corrected chi connectivity index (χ0v) is 16.0. The van der Waals surface area contributed by atoms with Crippen LogP contribution in [0.15, 0.2) is 71.6 Å². The van der Waals surface area contributed by atoms with Gasteiger partial charge in [0, 0.05) is 23.7 Å². The molecule has 0 atom stereocenters.